The molecule has 0 aliphatic carbocycles. The monoisotopic (exact) mass is 244 g/mol. The molecule has 0 aromatic rings. The summed E-state index contributed by atoms with van der Waals surface area (Å²) in [6, 6.07) is 0.448. The van der Waals surface area contributed by atoms with E-state index in [0.717, 1.165) is 25.9 Å². The van der Waals surface area contributed by atoms with Gasteiger partial charge < -0.3 is 15.4 Å². The van der Waals surface area contributed by atoms with E-state index < -0.39 is 0 Å². The molecule has 0 unspecified atom stereocenters. The van der Waals surface area contributed by atoms with Gasteiger partial charge in [-0.15, -0.1) is 24.8 Å². The summed E-state index contributed by atoms with van der Waals surface area (Å²) in [5.74, 6) is 0. The van der Waals surface area contributed by atoms with Crippen LogP contribution in [-0.4, -0.2) is 44.3 Å². The molecule has 2 N–H and O–H groups in total. The lowest BCUT2D eigenvalue weighted by atomic mass is 10.1. The van der Waals surface area contributed by atoms with Gasteiger partial charge in [0.25, 0.3) is 0 Å². The highest BCUT2D eigenvalue weighted by molar-refractivity contribution is 5.85. The number of hydrogen-bond donors (Lipinski definition) is 1. The van der Waals surface area contributed by atoms with Gasteiger partial charge in [0.2, 0.25) is 0 Å². The van der Waals surface area contributed by atoms with E-state index in [1.807, 2.05) is 0 Å². The van der Waals surface area contributed by atoms with E-state index in [0.29, 0.717) is 6.04 Å². The Morgan fingerprint density at radius 2 is 1.86 bits per heavy atom. The normalized spacial score (nSPS) is 18.4. The lowest BCUT2D eigenvalue weighted by Crippen LogP contribution is -2.40. The quantitative estimate of drug-likeness (QED) is 0.758. The molecule has 1 saturated heterocycles. The molecule has 0 saturated carbocycles. The Labute approximate surface area is 99.2 Å². The first-order valence-corrected chi connectivity index (χ1v) is 4.80. The molecule has 0 radical (unpaired) electrons. The maximum absolute atomic E-state index is 5.80. The number of nitrogens with zero attached hydrogens (tertiary/aromatic N) is 1. The zero-order chi connectivity index (χ0) is 8.81. The zero-order valence-electron chi connectivity index (χ0n) is 8.78. The SMILES string of the molecule is COCCCN1CCC(N)CC1.Cl.Cl. The summed E-state index contributed by atoms with van der Waals surface area (Å²) in [4.78, 5) is 2.47. The molecule has 0 aromatic carbocycles. The molecule has 0 aromatic heterocycles. The highest BCUT2D eigenvalue weighted by atomic mass is 35.5. The Kier molecular flexibility index (Phi) is 12.0. The van der Waals surface area contributed by atoms with E-state index in [2.05, 4.69) is 4.90 Å². The van der Waals surface area contributed by atoms with Crippen molar-refractivity contribution in [3.8, 4) is 0 Å². The van der Waals surface area contributed by atoms with E-state index in [1.165, 1.54) is 19.6 Å². The van der Waals surface area contributed by atoms with E-state index >= 15 is 0 Å². The average Bonchev–Trinajstić information content (AvgIpc) is 2.09. The van der Waals surface area contributed by atoms with Crippen molar-refractivity contribution in [1.29, 1.82) is 0 Å². The molecule has 88 valence electrons. The molecular weight excluding hydrogens is 223 g/mol. The van der Waals surface area contributed by atoms with Gasteiger partial charge in [0, 0.05) is 26.3 Å². The number of nitrogens with two attached hydrogens (primary N) is 1. The molecule has 1 aliphatic rings. The van der Waals surface area contributed by atoms with Gasteiger partial charge in [-0.05, 0) is 32.4 Å². The van der Waals surface area contributed by atoms with Crippen LogP contribution in [0.4, 0.5) is 0 Å². The van der Waals surface area contributed by atoms with Gasteiger partial charge in [-0.1, -0.05) is 0 Å². The van der Waals surface area contributed by atoms with E-state index in [4.69, 9.17) is 10.5 Å². The second-order valence-corrected chi connectivity index (χ2v) is 3.53. The number of rotatable bonds is 4. The number of hydrogen-bond acceptors (Lipinski definition) is 3. The van der Waals surface area contributed by atoms with Crippen LogP contribution in [0.2, 0.25) is 0 Å². The molecule has 1 heterocycles. The summed E-state index contributed by atoms with van der Waals surface area (Å²) in [6.07, 6.45) is 3.46. The number of methoxy groups -OCH3 is 1. The number of ether oxygens (including phenoxy) is 1. The third-order valence-corrected chi connectivity index (χ3v) is 2.46. The predicted octanol–water partition coefficient (Wildman–Crippen LogP) is 1.29. The van der Waals surface area contributed by atoms with Crippen molar-refractivity contribution in [3.63, 3.8) is 0 Å². The van der Waals surface area contributed by atoms with Crippen molar-refractivity contribution in [3.05, 3.63) is 0 Å². The van der Waals surface area contributed by atoms with Gasteiger partial charge in [0.05, 0.1) is 0 Å². The van der Waals surface area contributed by atoms with Crippen LogP contribution >= 0.6 is 24.8 Å². The number of halogens is 2. The van der Waals surface area contributed by atoms with E-state index in [1.54, 1.807) is 7.11 Å². The van der Waals surface area contributed by atoms with Crippen LogP contribution in [0.15, 0.2) is 0 Å². The second-order valence-electron chi connectivity index (χ2n) is 3.53. The van der Waals surface area contributed by atoms with Gasteiger partial charge >= 0.3 is 0 Å². The molecule has 0 spiro atoms. The summed E-state index contributed by atoms with van der Waals surface area (Å²) in [7, 11) is 1.76. The Morgan fingerprint density at radius 1 is 1.29 bits per heavy atom. The molecule has 0 atom stereocenters. The molecule has 1 rings (SSSR count). The van der Waals surface area contributed by atoms with Crippen molar-refractivity contribution in [2.45, 2.75) is 25.3 Å². The predicted molar refractivity (Wildman–Crippen MR) is 64.6 cm³/mol. The molecular formula is C9H22Cl2N2O. The fourth-order valence-electron chi connectivity index (χ4n) is 1.61. The summed E-state index contributed by atoms with van der Waals surface area (Å²) >= 11 is 0. The van der Waals surface area contributed by atoms with Crippen molar-refractivity contribution >= 4 is 24.8 Å². The van der Waals surface area contributed by atoms with Gasteiger partial charge in [-0.2, -0.15) is 0 Å². The average molecular weight is 245 g/mol. The van der Waals surface area contributed by atoms with Gasteiger partial charge in [-0.25, -0.2) is 0 Å². The number of piperidine rings is 1. The fraction of sp³-hybridized carbons (Fsp3) is 1.00. The Balaban J connectivity index is 0. The van der Waals surface area contributed by atoms with Gasteiger partial charge in [0.1, 0.15) is 0 Å². The van der Waals surface area contributed by atoms with Crippen LogP contribution in [0, 0.1) is 0 Å². The topological polar surface area (TPSA) is 38.5 Å². The Hall–Kier alpha value is 0.460. The molecule has 5 heteroatoms. The first-order chi connectivity index (χ1) is 5.83. The van der Waals surface area contributed by atoms with Crippen LogP contribution in [0.1, 0.15) is 19.3 Å². The van der Waals surface area contributed by atoms with Crippen LogP contribution in [0.25, 0.3) is 0 Å². The molecule has 1 fully saturated rings. The zero-order valence-corrected chi connectivity index (χ0v) is 10.4. The summed E-state index contributed by atoms with van der Waals surface area (Å²) < 4.78 is 5.00. The van der Waals surface area contributed by atoms with Crippen molar-refractivity contribution in [2.24, 2.45) is 5.73 Å². The van der Waals surface area contributed by atoms with Crippen LogP contribution in [-0.2, 0) is 4.74 Å². The van der Waals surface area contributed by atoms with E-state index in [-0.39, 0.29) is 24.8 Å². The lowest BCUT2D eigenvalue weighted by molar-refractivity contribution is 0.157. The minimum atomic E-state index is 0. The van der Waals surface area contributed by atoms with Crippen molar-refractivity contribution in [1.82, 2.24) is 4.90 Å². The first kappa shape index (κ1) is 16.9. The van der Waals surface area contributed by atoms with Crippen molar-refractivity contribution in [2.75, 3.05) is 33.4 Å². The fourth-order valence-corrected chi connectivity index (χ4v) is 1.61. The molecule has 14 heavy (non-hydrogen) atoms. The van der Waals surface area contributed by atoms with Crippen LogP contribution in [0.3, 0.4) is 0 Å². The van der Waals surface area contributed by atoms with Gasteiger partial charge in [-0.3, -0.25) is 0 Å². The summed E-state index contributed by atoms with van der Waals surface area (Å²) in [5.41, 5.74) is 5.80. The minimum Gasteiger partial charge on any atom is -0.385 e. The highest BCUT2D eigenvalue weighted by Crippen LogP contribution is 2.07. The first-order valence-electron chi connectivity index (χ1n) is 4.80. The highest BCUT2D eigenvalue weighted by Gasteiger charge is 2.14. The van der Waals surface area contributed by atoms with Gasteiger partial charge in [0.15, 0.2) is 0 Å². The molecule has 0 amide bonds. The molecule has 1 aliphatic heterocycles. The minimum absolute atomic E-state index is 0. The molecule has 3 nitrogen and oxygen atoms in total. The van der Waals surface area contributed by atoms with E-state index in [9.17, 15) is 0 Å². The Morgan fingerprint density at radius 3 is 2.36 bits per heavy atom. The third kappa shape index (κ3) is 6.85. The largest absolute Gasteiger partial charge is 0.385 e. The molecule has 0 bridgehead atoms. The summed E-state index contributed by atoms with van der Waals surface area (Å²) in [6.45, 7) is 4.39. The Bertz CT molecular complexity index is 119. The second kappa shape index (κ2) is 9.99. The summed E-state index contributed by atoms with van der Waals surface area (Å²) in [5, 5.41) is 0. The third-order valence-electron chi connectivity index (χ3n) is 2.46. The maximum Gasteiger partial charge on any atom is 0.0474 e. The standard InChI is InChI=1S/C9H20N2O.2ClH/c1-12-8-2-5-11-6-3-9(10)4-7-11;;/h9H,2-8,10H2,1H3;2*1H. The van der Waals surface area contributed by atoms with Crippen LogP contribution < -0.4 is 5.73 Å². The van der Waals surface area contributed by atoms with Crippen LogP contribution in [0.5, 0.6) is 0 Å². The maximum atomic E-state index is 5.80. The lowest BCUT2D eigenvalue weighted by Gasteiger charge is -2.29. The number of likely N-dealkylation sites (tertiary alicyclic amines) is 1. The smallest absolute Gasteiger partial charge is 0.0474 e. The van der Waals surface area contributed by atoms with Crippen molar-refractivity contribution < 1.29 is 4.74 Å².